The largest absolute Gasteiger partial charge is 0.586 e. The van der Waals surface area contributed by atoms with Crippen LogP contribution < -0.4 is 19.5 Å². The van der Waals surface area contributed by atoms with Crippen LogP contribution in [0.5, 0.6) is 17.2 Å². The van der Waals surface area contributed by atoms with Gasteiger partial charge in [0.15, 0.2) is 22.5 Å². The van der Waals surface area contributed by atoms with E-state index in [0.717, 1.165) is 11.3 Å². The summed E-state index contributed by atoms with van der Waals surface area (Å²) in [5.41, 5.74) is 1.39. The Morgan fingerprint density at radius 2 is 2.06 bits per heavy atom. The number of rotatable bonds is 9. The van der Waals surface area contributed by atoms with Gasteiger partial charge in [-0.2, -0.15) is 0 Å². The van der Waals surface area contributed by atoms with Crippen LogP contribution in [0.15, 0.2) is 60.3 Å². The van der Waals surface area contributed by atoms with Crippen LogP contribution >= 0.6 is 11.8 Å². The molecule has 1 aliphatic heterocycles. The van der Waals surface area contributed by atoms with Crippen molar-refractivity contribution in [2.75, 3.05) is 11.1 Å². The maximum atomic E-state index is 13.1. The molecule has 172 valence electrons. The zero-order valence-electron chi connectivity index (χ0n) is 17.6. The highest BCUT2D eigenvalue weighted by atomic mass is 32.2. The van der Waals surface area contributed by atoms with Crippen molar-refractivity contribution < 1.29 is 27.8 Å². The molecule has 0 bridgehead atoms. The molecule has 0 radical (unpaired) electrons. The number of nitrogens with zero attached hydrogens (tertiary/aromatic N) is 3. The lowest BCUT2D eigenvalue weighted by molar-refractivity contribution is -0.286. The van der Waals surface area contributed by atoms with Gasteiger partial charge in [-0.3, -0.25) is 9.36 Å². The second kappa shape index (κ2) is 9.49. The highest BCUT2D eigenvalue weighted by Gasteiger charge is 2.43. The van der Waals surface area contributed by atoms with Gasteiger partial charge in [0.25, 0.3) is 0 Å². The van der Waals surface area contributed by atoms with E-state index >= 15 is 0 Å². The predicted octanol–water partition coefficient (Wildman–Crippen LogP) is 4.40. The van der Waals surface area contributed by atoms with Crippen molar-refractivity contribution in [3.63, 3.8) is 0 Å². The van der Waals surface area contributed by atoms with Crippen LogP contribution in [0, 0.1) is 6.92 Å². The summed E-state index contributed by atoms with van der Waals surface area (Å²) in [5.74, 6) is 0.754. The Kier molecular flexibility index (Phi) is 6.50. The number of ether oxygens (including phenoxy) is 3. The highest BCUT2D eigenvalue weighted by Crippen LogP contribution is 2.42. The van der Waals surface area contributed by atoms with Crippen molar-refractivity contribution in [2.24, 2.45) is 0 Å². The Labute approximate surface area is 192 Å². The number of aromatic nitrogens is 3. The number of halogens is 2. The van der Waals surface area contributed by atoms with Crippen molar-refractivity contribution in [1.82, 2.24) is 14.8 Å². The van der Waals surface area contributed by atoms with Crippen molar-refractivity contribution in [3.8, 4) is 17.2 Å². The van der Waals surface area contributed by atoms with E-state index in [1.807, 2.05) is 35.8 Å². The zero-order chi connectivity index (χ0) is 23.4. The van der Waals surface area contributed by atoms with Gasteiger partial charge in [-0.25, -0.2) is 0 Å². The maximum Gasteiger partial charge on any atom is 0.586 e. The number of nitrogens with one attached hydrogen (secondary N) is 1. The molecule has 0 atom stereocenters. The lowest BCUT2D eigenvalue weighted by Crippen LogP contribution is -2.25. The predicted molar refractivity (Wildman–Crippen MR) is 118 cm³/mol. The van der Waals surface area contributed by atoms with Crippen LogP contribution in [-0.2, 0) is 17.9 Å². The second-order valence-electron chi connectivity index (χ2n) is 7.07. The van der Waals surface area contributed by atoms with E-state index in [2.05, 4.69) is 31.6 Å². The average Bonchev–Trinajstić information content (AvgIpc) is 3.29. The molecule has 0 saturated heterocycles. The van der Waals surface area contributed by atoms with Crippen LogP contribution in [0.2, 0.25) is 0 Å². The third kappa shape index (κ3) is 5.61. The number of allylic oxidation sites excluding steroid dienone is 1. The fourth-order valence-electron chi connectivity index (χ4n) is 3.05. The molecule has 0 spiro atoms. The Morgan fingerprint density at radius 3 is 2.85 bits per heavy atom. The van der Waals surface area contributed by atoms with E-state index < -0.39 is 6.29 Å². The van der Waals surface area contributed by atoms with E-state index in [0.29, 0.717) is 23.2 Å². The van der Waals surface area contributed by atoms with E-state index in [4.69, 9.17) is 4.74 Å². The number of alkyl halides is 2. The Balaban J connectivity index is 1.36. The summed E-state index contributed by atoms with van der Waals surface area (Å²) < 4.78 is 42.6. The van der Waals surface area contributed by atoms with Gasteiger partial charge in [0.2, 0.25) is 5.91 Å². The van der Waals surface area contributed by atoms with Gasteiger partial charge in [-0.1, -0.05) is 30.0 Å². The molecule has 0 aliphatic carbocycles. The van der Waals surface area contributed by atoms with Crippen molar-refractivity contribution >= 4 is 23.4 Å². The third-order valence-corrected chi connectivity index (χ3v) is 5.45. The number of amides is 1. The molecule has 33 heavy (non-hydrogen) atoms. The molecular formula is C22H20F2N4O4S. The number of thioether (sulfide) groups is 1. The molecule has 0 fully saturated rings. The van der Waals surface area contributed by atoms with Crippen LogP contribution in [0.25, 0.3) is 0 Å². The molecule has 1 aromatic heterocycles. The van der Waals surface area contributed by atoms with E-state index in [1.165, 1.54) is 30.0 Å². The number of hydrogen-bond donors (Lipinski definition) is 1. The summed E-state index contributed by atoms with van der Waals surface area (Å²) >= 11 is 1.18. The quantitative estimate of drug-likeness (QED) is 0.363. The SMILES string of the molecule is C=CCn1c(COc2cccc(C)c2)nnc1SCC(=O)Nc1ccc2c(c1)OC(F)(F)O2. The lowest BCUT2D eigenvalue weighted by atomic mass is 10.2. The molecule has 2 aromatic carbocycles. The number of aryl methyl sites for hydroxylation is 1. The summed E-state index contributed by atoms with van der Waals surface area (Å²) in [6.07, 6.45) is -2.01. The fourth-order valence-corrected chi connectivity index (χ4v) is 3.82. The monoisotopic (exact) mass is 474 g/mol. The van der Waals surface area contributed by atoms with Crippen molar-refractivity contribution in [2.45, 2.75) is 31.5 Å². The first kappa shape index (κ1) is 22.6. The molecule has 1 amide bonds. The van der Waals surface area contributed by atoms with Gasteiger partial charge in [-0.15, -0.1) is 25.6 Å². The first-order valence-corrected chi connectivity index (χ1v) is 10.9. The fraction of sp³-hybridized carbons (Fsp3) is 0.227. The van der Waals surface area contributed by atoms with E-state index in [1.54, 1.807) is 6.08 Å². The molecule has 1 aliphatic rings. The summed E-state index contributed by atoms with van der Waals surface area (Å²) in [5, 5.41) is 11.5. The van der Waals surface area contributed by atoms with Gasteiger partial charge >= 0.3 is 6.29 Å². The van der Waals surface area contributed by atoms with E-state index in [-0.39, 0.29) is 29.8 Å². The van der Waals surface area contributed by atoms with Crippen LogP contribution in [0.1, 0.15) is 11.4 Å². The molecule has 8 nitrogen and oxygen atoms in total. The first-order valence-electron chi connectivity index (χ1n) is 9.88. The summed E-state index contributed by atoms with van der Waals surface area (Å²) in [7, 11) is 0. The van der Waals surface area contributed by atoms with Gasteiger partial charge in [0.1, 0.15) is 12.4 Å². The number of carbonyl (C=O) groups excluding carboxylic acids is 1. The van der Waals surface area contributed by atoms with E-state index in [9.17, 15) is 13.6 Å². The topological polar surface area (TPSA) is 87.5 Å². The zero-order valence-corrected chi connectivity index (χ0v) is 18.4. The average molecular weight is 474 g/mol. The normalized spacial score (nSPS) is 13.5. The van der Waals surface area contributed by atoms with Crippen LogP contribution in [0.3, 0.4) is 0 Å². The molecule has 2 heterocycles. The molecule has 0 saturated carbocycles. The Bertz CT molecular complexity index is 1180. The highest BCUT2D eigenvalue weighted by molar-refractivity contribution is 7.99. The minimum atomic E-state index is -3.71. The third-order valence-electron chi connectivity index (χ3n) is 4.48. The number of carbonyl (C=O) groups is 1. The Hall–Kier alpha value is -3.60. The summed E-state index contributed by atoms with van der Waals surface area (Å²) in [6, 6.07) is 11.7. The second-order valence-corrected chi connectivity index (χ2v) is 8.01. The molecule has 1 N–H and O–H groups in total. The maximum absolute atomic E-state index is 13.1. The van der Waals surface area contributed by atoms with Gasteiger partial charge in [0.05, 0.1) is 5.75 Å². The van der Waals surface area contributed by atoms with Gasteiger partial charge in [-0.05, 0) is 36.8 Å². The molecular weight excluding hydrogens is 454 g/mol. The minimum absolute atomic E-state index is 0.0264. The molecule has 0 unspecified atom stereocenters. The number of hydrogen-bond acceptors (Lipinski definition) is 7. The number of anilines is 1. The van der Waals surface area contributed by atoms with Crippen molar-refractivity contribution in [1.29, 1.82) is 0 Å². The Morgan fingerprint density at radius 1 is 1.24 bits per heavy atom. The standard InChI is InChI=1S/C22H20F2N4O4S/c1-3-9-28-19(12-30-16-6-4-5-14(2)10-16)26-27-21(28)33-13-20(29)25-15-7-8-17-18(11-15)32-22(23,24)31-17/h3-8,10-11H,1,9,12-13H2,2H3,(H,25,29). The minimum Gasteiger partial charge on any atom is -0.486 e. The molecule has 11 heteroatoms. The van der Waals surface area contributed by atoms with Gasteiger partial charge in [0, 0.05) is 18.3 Å². The van der Waals surface area contributed by atoms with Gasteiger partial charge < -0.3 is 19.5 Å². The van der Waals surface area contributed by atoms with Crippen molar-refractivity contribution in [3.05, 3.63) is 66.5 Å². The smallest absolute Gasteiger partial charge is 0.486 e. The van der Waals surface area contributed by atoms with Crippen LogP contribution in [0.4, 0.5) is 14.5 Å². The summed E-state index contributed by atoms with van der Waals surface area (Å²) in [6.45, 7) is 6.39. The number of fused-ring (bicyclic) bond motifs is 1. The lowest BCUT2D eigenvalue weighted by Gasteiger charge is -2.10. The number of benzene rings is 2. The molecule has 3 aromatic rings. The molecule has 4 rings (SSSR count). The summed E-state index contributed by atoms with van der Waals surface area (Å²) in [4.78, 5) is 12.4. The van der Waals surface area contributed by atoms with Crippen LogP contribution in [-0.4, -0.2) is 32.7 Å². The first-order chi connectivity index (χ1) is 15.8.